The molecule has 0 aromatic heterocycles. The van der Waals surface area contributed by atoms with E-state index < -0.39 is 23.2 Å². The van der Waals surface area contributed by atoms with Crippen molar-refractivity contribution in [2.24, 2.45) is 0 Å². The molecule has 0 spiro atoms. The van der Waals surface area contributed by atoms with Gasteiger partial charge >= 0.3 is 5.97 Å². The maximum Gasteiger partial charge on any atom is 0.327 e. The Kier molecular flexibility index (Phi) is 5.55. The Morgan fingerprint density at radius 3 is 2.73 bits per heavy atom. The summed E-state index contributed by atoms with van der Waals surface area (Å²) in [7, 11) is 0. The molecule has 1 fully saturated rings. The van der Waals surface area contributed by atoms with Gasteiger partial charge in [0.2, 0.25) is 11.8 Å². The molecule has 3 N–H and O–H groups in total. The first kappa shape index (κ1) is 16.9. The second-order valence-corrected chi connectivity index (χ2v) is 6.68. The first-order valence-electron chi connectivity index (χ1n) is 6.26. The third-order valence-corrected chi connectivity index (χ3v) is 4.80. The van der Waals surface area contributed by atoms with Gasteiger partial charge in [0.05, 0.1) is 16.0 Å². The second-order valence-electron chi connectivity index (χ2n) is 4.60. The summed E-state index contributed by atoms with van der Waals surface area (Å²) in [5.74, 6) is -1.70. The number of aliphatic carboxylic acids is 1. The lowest BCUT2D eigenvalue weighted by atomic mass is 10.2. The highest BCUT2D eigenvalue weighted by Crippen LogP contribution is 2.26. The molecule has 1 aromatic carbocycles. The maximum absolute atomic E-state index is 12.0. The molecule has 0 saturated carbocycles. The van der Waals surface area contributed by atoms with Crippen LogP contribution in [0.1, 0.15) is 6.42 Å². The number of benzene rings is 1. The van der Waals surface area contributed by atoms with E-state index in [2.05, 4.69) is 10.6 Å². The van der Waals surface area contributed by atoms with Crippen LogP contribution in [0.4, 0.5) is 5.69 Å². The molecule has 0 aliphatic carbocycles. The van der Waals surface area contributed by atoms with E-state index in [1.54, 1.807) is 12.1 Å². The van der Waals surface area contributed by atoms with E-state index in [1.165, 1.54) is 6.07 Å². The fourth-order valence-electron chi connectivity index (χ4n) is 1.84. The molecule has 1 heterocycles. The number of carboxylic acids is 1. The molecule has 9 heteroatoms. The van der Waals surface area contributed by atoms with Crippen LogP contribution in [0, 0.1) is 0 Å². The van der Waals surface area contributed by atoms with Gasteiger partial charge in [0.1, 0.15) is 6.04 Å². The summed E-state index contributed by atoms with van der Waals surface area (Å²) in [5.41, 5.74) is 0.403. The van der Waals surface area contributed by atoms with Gasteiger partial charge in [0.25, 0.3) is 0 Å². The van der Waals surface area contributed by atoms with Gasteiger partial charge in [-0.15, -0.1) is 11.8 Å². The van der Waals surface area contributed by atoms with Crippen molar-refractivity contribution in [3.63, 3.8) is 0 Å². The van der Waals surface area contributed by atoms with Crippen LogP contribution in [0.5, 0.6) is 0 Å². The number of halogens is 2. The lowest BCUT2D eigenvalue weighted by Crippen LogP contribution is -2.51. The van der Waals surface area contributed by atoms with Gasteiger partial charge in [0.15, 0.2) is 0 Å². The van der Waals surface area contributed by atoms with Crippen LogP contribution in [-0.2, 0) is 14.4 Å². The molecule has 1 aliphatic rings. The third-order valence-electron chi connectivity index (χ3n) is 2.95. The predicted molar refractivity (Wildman–Crippen MR) is 85.5 cm³/mol. The normalized spacial score (nSPS) is 21.1. The summed E-state index contributed by atoms with van der Waals surface area (Å²) < 4.78 is 0. The Balaban J connectivity index is 1.92. The number of anilines is 1. The Morgan fingerprint density at radius 1 is 1.41 bits per heavy atom. The minimum Gasteiger partial charge on any atom is -0.480 e. The number of rotatable bonds is 4. The molecule has 1 saturated heterocycles. The zero-order valence-corrected chi connectivity index (χ0v) is 13.5. The largest absolute Gasteiger partial charge is 0.480 e. The summed E-state index contributed by atoms with van der Waals surface area (Å²) in [5, 5.41) is 13.9. The molecule has 0 bridgehead atoms. The van der Waals surface area contributed by atoms with Crippen molar-refractivity contribution in [2.45, 2.75) is 17.7 Å². The molecule has 118 valence electrons. The van der Waals surface area contributed by atoms with E-state index in [4.69, 9.17) is 28.3 Å². The summed E-state index contributed by atoms with van der Waals surface area (Å²) in [4.78, 5) is 34.6. The zero-order chi connectivity index (χ0) is 16.3. The molecule has 2 rings (SSSR count). The van der Waals surface area contributed by atoms with Gasteiger partial charge in [0, 0.05) is 17.2 Å². The van der Waals surface area contributed by atoms with Crippen LogP contribution in [0.2, 0.25) is 10.0 Å². The fraction of sp³-hybridized carbons (Fsp3) is 0.308. The number of hydrogen-bond acceptors (Lipinski definition) is 4. The first-order valence-corrected chi connectivity index (χ1v) is 8.07. The topological polar surface area (TPSA) is 95.5 Å². The summed E-state index contributed by atoms with van der Waals surface area (Å²) in [6, 6.07) is 3.74. The molecule has 1 aliphatic heterocycles. The average molecular weight is 363 g/mol. The second kappa shape index (κ2) is 7.21. The molecule has 0 radical (unpaired) electrons. The molecule has 6 nitrogen and oxygen atoms in total. The number of thioether (sulfide) groups is 1. The Hall–Kier alpha value is -1.44. The average Bonchev–Trinajstić information content (AvgIpc) is 2.44. The van der Waals surface area contributed by atoms with Gasteiger partial charge in [-0.3, -0.25) is 9.59 Å². The van der Waals surface area contributed by atoms with Crippen molar-refractivity contribution >= 4 is 58.4 Å². The van der Waals surface area contributed by atoms with Gasteiger partial charge in [-0.05, 0) is 18.2 Å². The van der Waals surface area contributed by atoms with Crippen molar-refractivity contribution in [2.75, 3.05) is 11.1 Å². The molecule has 22 heavy (non-hydrogen) atoms. The van der Waals surface area contributed by atoms with Crippen LogP contribution >= 0.6 is 35.0 Å². The van der Waals surface area contributed by atoms with Gasteiger partial charge in [-0.2, -0.15) is 0 Å². The van der Waals surface area contributed by atoms with Crippen molar-refractivity contribution in [1.29, 1.82) is 0 Å². The lowest BCUT2D eigenvalue weighted by molar-refractivity contribution is -0.141. The minimum absolute atomic E-state index is 0.0677. The summed E-state index contributed by atoms with van der Waals surface area (Å²) >= 11 is 12.9. The highest BCUT2D eigenvalue weighted by Gasteiger charge is 2.33. The third kappa shape index (κ3) is 4.28. The quantitative estimate of drug-likeness (QED) is 0.761. The molecular formula is C13H12Cl2N2O4S. The number of amides is 2. The number of carbonyl (C=O) groups is 3. The van der Waals surface area contributed by atoms with Crippen molar-refractivity contribution < 1.29 is 19.5 Å². The van der Waals surface area contributed by atoms with Crippen molar-refractivity contribution in [3.05, 3.63) is 28.2 Å². The van der Waals surface area contributed by atoms with Crippen LogP contribution in [-0.4, -0.2) is 39.9 Å². The van der Waals surface area contributed by atoms with E-state index in [-0.39, 0.29) is 18.1 Å². The Morgan fingerprint density at radius 2 is 2.14 bits per heavy atom. The summed E-state index contributed by atoms with van der Waals surface area (Å²) in [6.45, 7) is 0. The van der Waals surface area contributed by atoms with E-state index in [1.807, 2.05) is 0 Å². The van der Waals surface area contributed by atoms with Crippen LogP contribution < -0.4 is 10.6 Å². The first-order chi connectivity index (χ1) is 10.4. The van der Waals surface area contributed by atoms with Gasteiger partial charge in [-0.25, -0.2) is 4.79 Å². The number of nitrogens with one attached hydrogen (secondary N) is 2. The Bertz CT molecular complexity index is 626. The highest BCUT2D eigenvalue weighted by atomic mass is 35.5. The van der Waals surface area contributed by atoms with Crippen LogP contribution in [0.3, 0.4) is 0 Å². The van der Waals surface area contributed by atoms with Crippen LogP contribution in [0.25, 0.3) is 0 Å². The van der Waals surface area contributed by atoms with Gasteiger partial charge in [-0.1, -0.05) is 23.2 Å². The maximum atomic E-state index is 12.0. The fourth-order valence-corrected chi connectivity index (χ4v) is 3.43. The standard InChI is InChI=1S/C13H12Cl2N2O4S/c14-6-1-2-8(7(15)3-6)16-11(18)4-10-12(19)17-9(5-22-10)13(20)21/h1-3,9-10H,4-5H2,(H,16,18)(H,17,19)(H,20,21)/t9-,10-/m1/s1. The van der Waals surface area contributed by atoms with E-state index in [0.717, 1.165) is 11.8 Å². The monoisotopic (exact) mass is 362 g/mol. The molecule has 2 amide bonds. The number of carboxylic acid groups (broad SMARTS) is 1. The smallest absolute Gasteiger partial charge is 0.327 e. The van der Waals surface area contributed by atoms with Crippen LogP contribution in [0.15, 0.2) is 18.2 Å². The van der Waals surface area contributed by atoms with Gasteiger partial charge < -0.3 is 15.7 Å². The SMILES string of the molecule is O=C(C[C@H]1SC[C@H](C(=O)O)NC1=O)Nc1ccc(Cl)cc1Cl. The molecule has 2 atom stereocenters. The number of hydrogen-bond donors (Lipinski definition) is 3. The lowest BCUT2D eigenvalue weighted by Gasteiger charge is -2.25. The summed E-state index contributed by atoms with van der Waals surface area (Å²) in [6.07, 6.45) is -0.0677. The minimum atomic E-state index is -1.09. The van der Waals surface area contributed by atoms with Crippen molar-refractivity contribution in [1.82, 2.24) is 5.32 Å². The zero-order valence-electron chi connectivity index (χ0n) is 11.1. The van der Waals surface area contributed by atoms with E-state index >= 15 is 0 Å². The molecular weight excluding hydrogens is 351 g/mol. The van der Waals surface area contributed by atoms with E-state index in [0.29, 0.717) is 15.7 Å². The van der Waals surface area contributed by atoms with Crippen molar-refractivity contribution in [3.8, 4) is 0 Å². The number of carbonyl (C=O) groups excluding carboxylic acids is 2. The van der Waals surface area contributed by atoms with E-state index in [9.17, 15) is 14.4 Å². The predicted octanol–water partition coefficient (Wildman–Crippen LogP) is 2.01. The highest BCUT2D eigenvalue weighted by molar-refractivity contribution is 8.00. The molecule has 1 aromatic rings. The Labute approximate surface area is 140 Å². The molecule has 0 unspecified atom stereocenters.